The van der Waals surface area contributed by atoms with Crippen LogP contribution in [0.15, 0.2) is 0 Å². The first-order valence-corrected chi connectivity index (χ1v) is 6.89. The molecule has 0 aromatic rings. The SMILES string of the molecule is CCOC(=O)C#CC12CC3CC(CC(C3)C1)C2. The molecule has 4 aliphatic carbocycles. The van der Waals surface area contributed by atoms with E-state index < -0.39 is 0 Å². The zero-order chi connectivity index (χ0) is 11.9. The highest BCUT2D eigenvalue weighted by atomic mass is 16.5. The standard InChI is InChI=1S/C15H20O2/c1-2-17-14(16)3-4-15-8-11-5-12(9-15)7-13(6-11)10-15/h11-13H,2,5-10H2,1H3. The summed E-state index contributed by atoms with van der Waals surface area (Å²) in [6, 6.07) is 0. The van der Waals surface area contributed by atoms with Crippen molar-refractivity contribution in [2.45, 2.75) is 45.4 Å². The topological polar surface area (TPSA) is 26.3 Å². The quantitative estimate of drug-likeness (QED) is 0.395. The smallest absolute Gasteiger partial charge is 0.384 e. The third-order valence-corrected chi connectivity index (χ3v) is 4.74. The largest absolute Gasteiger partial charge is 0.456 e. The predicted octanol–water partition coefficient (Wildman–Crippen LogP) is 2.77. The molecule has 4 saturated carbocycles. The highest BCUT2D eigenvalue weighted by Crippen LogP contribution is 2.59. The molecule has 0 amide bonds. The van der Waals surface area contributed by atoms with E-state index in [9.17, 15) is 4.79 Å². The monoisotopic (exact) mass is 232 g/mol. The number of carbonyl (C=O) groups is 1. The van der Waals surface area contributed by atoms with Gasteiger partial charge in [0.1, 0.15) is 0 Å². The minimum absolute atomic E-state index is 0.168. The van der Waals surface area contributed by atoms with Crippen molar-refractivity contribution in [3.63, 3.8) is 0 Å². The molecule has 4 bridgehead atoms. The van der Waals surface area contributed by atoms with Gasteiger partial charge in [-0.2, -0.15) is 0 Å². The van der Waals surface area contributed by atoms with Crippen molar-refractivity contribution >= 4 is 5.97 Å². The maximum Gasteiger partial charge on any atom is 0.384 e. The van der Waals surface area contributed by atoms with Gasteiger partial charge in [-0.3, -0.25) is 0 Å². The lowest BCUT2D eigenvalue weighted by atomic mass is 9.50. The first-order chi connectivity index (χ1) is 8.19. The van der Waals surface area contributed by atoms with E-state index in [0.29, 0.717) is 6.61 Å². The van der Waals surface area contributed by atoms with Crippen LogP contribution in [0.2, 0.25) is 0 Å². The Morgan fingerprint density at radius 3 is 2.18 bits per heavy atom. The van der Waals surface area contributed by atoms with Crippen molar-refractivity contribution in [1.82, 2.24) is 0 Å². The highest BCUT2D eigenvalue weighted by molar-refractivity contribution is 5.88. The minimum Gasteiger partial charge on any atom is -0.456 e. The summed E-state index contributed by atoms with van der Waals surface area (Å²) in [6.07, 6.45) is 7.93. The number of hydrogen-bond acceptors (Lipinski definition) is 2. The summed E-state index contributed by atoms with van der Waals surface area (Å²) in [5, 5.41) is 0. The summed E-state index contributed by atoms with van der Waals surface area (Å²) in [5.41, 5.74) is 0.168. The normalized spacial score (nSPS) is 41.8. The van der Waals surface area contributed by atoms with Crippen LogP contribution >= 0.6 is 0 Å². The molecular formula is C15H20O2. The van der Waals surface area contributed by atoms with Gasteiger partial charge < -0.3 is 4.74 Å². The van der Waals surface area contributed by atoms with Gasteiger partial charge >= 0.3 is 5.97 Å². The predicted molar refractivity (Wildman–Crippen MR) is 65.0 cm³/mol. The summed E-state index contributed by atoms with van der Waals surface area (Å²) < 4.78 is 4.89. The Kier molecular flexibility index (Phi) is 2.65. The average Bonchev–Trinajstić information content (AvgIpc) is 2.25. The number of esters is 1. The number of ether oxygens (including phenoxy) is 1. The fourth-order valence-corrected chi connectivity index (χ4v) is 4.61. The van der Waals surface area contributed by atoms with Crippen LogP contribution in [0.5, 0.6) is 0 Å². The van der Waals surface area contributed by atoms with Gasteiger partial charge in [0.25, 0.3) is 0 Å². The summed E-state index contributed by atoms with van der Waals surface area (Å²) >= 11 is 0. The van der Waals surface area contributed by atoms with Gasteiger partial charge in [-0.15, -0.1) is 0 Å². The molecule has 2 heteroatoms. The van der Waals surface area contributed by atoms with E-state index in [1.54, 1.807) is 0 Å². The molecular weight excluding hydrogens is 212 g/mol. The van der Waals surface area contributed by atoms with Crippen molar-refractivity contribution in [2.75, 3.05) is 6.61 Å². The summed E-state index contributed by atoms with van der Waals surface area (Å²) in [5.74, 6) is 8.33. The molecule has 0 aliphatic heterocycles. The van der Waals surface area contributed by atoms with Crippen molar-refractivity contribution in [3.05, 3.63) is 0 Å². The van der Waals surface area contributed by atoms with Crippen LogP contribution in [-0.2, 0) is 9.53 Å². The fourth-order valence-electron chi connectivity index (χ4n) is 4.61. The molecule has 0 unspecified atom stereocenters. The number of rotatable bonds is 1. The van der Waals surface area contributed by atoms with Crippen molar-refractivity contribution in [1.29, 1.82) is 0 Å². The third kappa shape index (κ3) is 2.08. The molecule has 17 heavy (non-hydrogen) atoms. The lowest BCUT2D eigenvalue weighted by Gasteiger charge is -2.54. The Labute approximate surface area is 103 Å². The highest BCUT2D eigenvalue weighted by Gasteiger charge is 2.50. The van der Waals surface area contributed by atoms with E-state index in [1.807, 2.05) is 6.92 Å². The van der Waals surface area contributed by atoms with Gasteiger partial charge in [0, 0.05) is 11.3 Å². The maximum absolute atomic E-state index is 11.3. The fraction of sp³-hybridized carbons (Fsp3) is 0.800. The Bertz CT molecular complexity index is 350. The molecule has 0 aromatic heterocycles. The molecule has 4 aliphatic rings. The van der Waals surface area contributed by atoms with Crippen LogP contribution < -0.4 is 0 Å². The number of carbonyl (C=O) groups excluding carboxylic acids is 1. The van der Waals surface area contributed by atoms with E-state index in [0.717, 1.165) is 17.8 Å². The molecule has 4 rings (SSSR count). The first kappa shape index (κ1) is 11.1. The Morgan fingerprint density at radius 2 is 1.71 bits per heavy atom. The second-order valence-electron chi connectivity index (χ2n) is 6.17. The van der Waals surface area contributed by atoms with Crippen molar-refractivity contribution in [2.24, 2.45) is 23.2 Å². The van der Waals surface area contributed by atoms with Crippen LogP contribution in [0.4, 0.5) is 0 Å². The van der Waals surface area contributed by atoms with Crippen LogP contribution in [0.25, 0.3) is 0 Å². The van der Waals surface area contributed by atoms with Gasteiger partial charge in [-0.1, -0.05) is 5.92 Å². The van der Waals surface area contributed by atoms with Crippen molar-refractivity contribution in [3.8, 4) is 11.8 Å². The van der Waals surface area contributed by atoms with Crippen molar-refractivity contribution < 1.29 is 9.53 Å². The van der Waals surface area contributed by atoms with E-state index >= 15 is 0 Å². The van der Waals surface area contributed by atoms with E-state index in [-0.39, 0.29) is 11.4 Å². The molecule has 0 heterocycles. The molecule has 0 aromatic carbocycles. The molecule has 2 nitrogen and oxygen atoms in total. The first-order valence-electron chi connectivity index (χ1n) is 6.89. The molecule has 0 N–H and O–H groups in total. The Morgan fingerprint density at radius 1 is 1.18 bits per heavy atom. The molecule has 92 valence electrons. The summed E-state index contributed by atoms with van der Waals surface area (Å²) in [4.78, 5) is 11.3. The second-order valence-corrected chi connectivity index (χ2v) is 6.17. The van der Waals surface area contributed by atoms with Crippen LogP contribution in [0.3, 0.4) is 0 Å². The maximum atomic E-state index is 11.3. The van der Waals surface area contributed by atoms with E-state index in [2.05, 4.69) is 11.8 Å². The lowest BCUT2D eigenvalue weighted by molar-refractivity contribution is -0.136. The van der Waals surface area contributed by atoms with Gasteiger partial charge in [0.2, 0.25) is 0 Å². The lowest BCUT2D eigenvalue weighted by Crippen LogP contribution is -2.45. The molecule has 0 saturated heterocycles. The molecule has 0 atom stereocenters. The number of hydrogen-bond donors (Lipinski definition) is 0. The zero-order valence-corrected chi connectivity index (χ0v) is 10.5. The van der Waals surface area contributed by atoms with Crippen LogP contribution in [-0.4, -0.2) is 12.6 Å². The van der Waals surface area contributed by atoms with E-state index in [4.69, 9.17) is 4.74 Å². The van der Waals surface area contributed by atoms with Crippen LogP contribution in [0.1, 0.15) is 45.4 Å². The average molecular weight is 232 g/mol. The summed E-state index contributed by atoms with van der Waals surface area (Å²) in [7, 11) is 0. The molecule has 0 spiro atoms. The molecule has 0 radical (unpaired) electrons. The third-order valence-electron chi connectivity index (χ3n) is 4.74. The minimum atomic E-state index is -0.344. The zero-order valence-electron chi connectivity index (χ0n) is 10.5. The molecule has 4 fully saturated rings. The van der Waals surface area contributed by atoms with Gasteiger partial charge in [0.15, 0.2) is 0 Å². The summed E-state index contributed by atoms with van der Waals surface area (Å²) in [6.45, 7) is 2.25. The second kappa shape index (κ2) is 4.05. The Hall–Kier alpha value is -0.970. The van der Waals surface area contributed by atoms with Gasteiger partial charge in [-0.05, 0) is 63.2 Å². The van der Waals surface area contributed by atoms with Crippen LogP contribution in [0, 0.1) is 35.0 Å². The Balaban J connectivity index is 1.76. The van der Waals surface area contributed by atoms with Gasteiger partial charge in [-0.25, -0.2) is 4.79 Å². The van der Waals surface area contributed by atoms with Gasteiger partial charge in [0.05, 0.1) is 6.61 Å². The van der Waals surface area contributed by atoms with E-state index in [1.165, 1.54) is 38.5 Å².